The fraction of sp³-hybridized carbons (Fsp3) is 0.500. The topological polar surface area (TPSA) is 54.2 Å². The quantitative estimate of drug-likeness (QED) is 0.729. The third-order valence-corrected chi connectivity index (χ3v) is 4.17. The van der Waals surface area contributed by atoms with E-state index in [0.29, 0.717) is 6.04 Å². The number of nitrogen functional groups attached to an aromatic ring is 1. The Hall–Kier alpha value is -1.81. The van der Waals surface area contributed by atoms with Crippen LogP contribution in [0.2, 0.25) is 0 Å². The third kappa shape index (κ3) is 4.34. The van der Waals surface area contributed by atoms with Crippen LogP contribution in [0.25, 0.3) is 10.9 Å². The Morgan fingerprint density at radius 1 is 1.23 bits per heavy atom. The number of fused-ring (bicyclic) bond motifs is 1. The van der Waals surface area contributed by atoms with Gasteiger partial charge in [0.25, 0.3) is 0 Å². The minimum Gasteiger partial charge on any atom is -0.399 e. The van der Waals surface area contributed by atoms with Crippen molar-refractivity contribution in [2.75, 3.05) is 30.7 Å². The van der Waals surface area contributed by atoms with E-state index in [-0.39, 0.29) is 0 Å². The van der Waals surface area contributed by atoms with Gasteiger partial charge in [0.15, 0.2) is 0 Å². The normalized spacial score (nSPS) is 12.7. The zero-order chi connectivity index (χ0) is 15.9. The summed E-state index contributed by atoms with van der Waals surface area (Å²) in [5, 5.41) is 4.75. The maximum Gasteiger partial charge on any atom is 0.0743 e. The smallest absolute Gasteiger partial charge is 0.0743 e. The molecule has 0 spiro atoms. The van der Waals surface area contributed by atoms with Gasteiger partial charge in [-0.3, -0.25) is 4.98 Å². The van der Waals surface area contributed by atoms with Gasteiger partial charge < -0.3 is 16.0 Å². The summed E-state index contributed by atoms with van der Waals surface area (Å²) in [7, 11) is 0. The van der Waals surface area contributed by atoms with Gasteiger partial charge in [0.2, 0.25) is 0 Å². The molecule has 4 heteroatoms. The van der Waals surface area contributed by atoms with Crippen LogP contribution in [-0.2, 0) is 0 Å². The highest BCUT2D eigenvalue weighted by atomic mass is 15.1. The Labute approximate surface area is 133 Å². The second kappa shape index (κ2) is 7.99. The van der Waals surface area contributed by atoms with Gasteiger partial charge in [0.05, 0.1) is 5.52 Å². The van der Waals surface area contributed by atoms with E-state index in [1.54, 1.807) is 0 Å². The van der Waals surface area contributed by atoms with Crippen molar-refractivity contribution in [1.29, 1.82) is 0 Å². The molecule has 1 aromatic carbocycles. The number of hydrogen-bond donors (Lipinski definition) is 2. The van der Waals surface area contributed by atoms with Crippen LogP contribution in [-0.4, -0.2) is 35.6 Å². The van der Waals surface area contributed by atoms with Crippen LogP contribution in [0.3, 0.4) is 0 Å². The summed E-state index contributed by atoms with van der Waals surface area (Å²) in [6, 6.07) is 8.38. The molecule has 22 heavy (non-hydrogen) atoms. The van der Waals surface area contributed by atoms with Gasteiger partial charge in [-0.25, -0.2) is 0 Å². The van der Waals surface area contributed by atoms with E-state index in [1.165, 1.54) is 13.0 Å². The number of pyridine rings is 1. The molecule has 0 radical (unpaired) electrons. The predicted molar refractivity (Wildman–Crippen MR) is 96.3 cm³/mol. The number of rotatable bonds is 8. The van der Waals surface area contributed by atoms with Gasteiger partial charge in [-0.15, -0.1) is 0 Å². The lowest BCUT2D eigenvalue weighted by molar-refractivity contribution is 0.295. The van der Waals surface area contributed by atoms with E-state index in [2.05, 4.69) is 36.0 Å². The average molecular weight is 300 g/mol. The van der Waals surface area contributed by atoms with Crippen molar-refractivity contribution in [1.82, 2.24) is 9.88 Å². The molecule has 2 rings (SSSR count). The van der Waals surface area contributed by atoms with Crippen molar-refractivity contribution in [3.05, 3.63) is 30.5 Å². The maximum absolute atomic E-state index is 5.83. The zero-order valence-electron chi connectivity index (χ0n) is 14.0. The Bertz CT molecular complexity index is 593. The molecule has 0 aliphatic rings. The molecule has 0 amide bonds. The monoisotopic (exact) mass is 300 g/mol. The second-order valence-electron chi connectivity index (χ2n) is 5.85. The first-order valence-corrected chi connectivity index (χ1v) is 8.27. The van der Waals surface area contributed by atoms with Crippen molar-refractivity contribution in [3.8, 4) is 0 Å². The molecule has 120 valence electrons. The van der Waals surface area contributed by atoms with Crippen molar-refractivity contribution in [2.45, 2.75) is 39.7 Å². The molecule has 1 atom stereocenters. The van der Waals surface area contributed by atoms with Gasteiger partial charge in [-0.1, -0.05) is 13.8 Å². The van der Waals surface area contributed by atoms with Crippen LogP contribution in [0, 0.1) is 0 Å². The van der Waals surface area contributed by atoms with Crippen molar-refractivity contribution in [2.24, 2.45) is 0 Å². The molecule has 0 saturated carbocycles. The molecule has 0 aliphatic heterocycles. The van der Waals surface area contributed by atoms with Gasteiger partial charge in [0.1, 0.15) is 0 Å². The molecule has 0 unspecified atom stereocenters. The maximum atomic E-state index is 5.83. The first kappa shape index (κ1) is 16.6. The van der Waals surface area contributed by atoms with E-state index in [4.69, 9.17) is 5.73 Å². The first-order chi connectivity index (χ1) is 10.6. The lowest BCUT2D eigenvalue weighted by Gasteiger charge is -2.20. The average Bonchev–Trinajstić information content (AvgIpc) is 2.51. The summed E-state index contributed by atoms with van der Waals surface area (Å²) in [5.74, 6) is 0. The second-order valence-corrected chi connectivity index (χ2v) is 5.85. The van der Waals surface area contributed by atoms with E-state index in [0.717, 1.165) is 41.8 Å². The molecule has 0 saturated heterocycles. The van der Waals surface area contributed by atoms with Gasteiger partial charge in [-0.05, 0) is 63.7 Å². The summed E-state index contributed by atoms with van der Waals surface area (Å²) in [6.07, 6.45) is 4.22. The summed E-state index contributed by atoms with van der Waals surface area (Å²) in [6.45, 7) is 10.1. The van der Waals surface area contributed by atoms with Crippen molar-refractivity contribution >= 4 is 22.3 Å². The van der Waals surface area contributed by atoms with Gasteiger partial charge in [-0.2, -0.15) is 0 Å². The number of nitrogens with two attached hydrogens (primary N) is 1. The van der Waals surface area contributed by atoms with Crippen LogP contribution < -0.4 is 11.1 Å². The van der Waals surface area contributed by atoms with E-state index in [9.17, 15) is 0 Å². The summed E-state index contributed by atoms with van der Waals surface area (Å²) >= 11 is 0. The van der Waals surface area contributed by atoms with Gasteiger partial charge in [0, 0.05) is 29.0 Å². The highest BCUT2D eigenvalue weighted by Crippen LogP contribution is 2.24. The number of aromatic nitrogens is 1. The molecular weight excluding hydrogens is 272 g/mol. The standard InChI is InChI=1S/C18H28N4/c1-4-22(5-2)12-6-7-14(3)21-17-10-11-20-18-13-15(19)8-9-16(17)18/h8-11,13-14H,4-7,12,19H2,1-3H3,(H,20,21)/t14-/m0/s1. The molecule has 2 aromatic rings. The Morgan fingerprint density at radius 2 is 2.00 bits per heavy atom. The number of benzene rings is 1. The summed E-state index contributed by atoms with van der Waals surface area (Å²) in [4.78, 5) is 6.86. The molecule has 4 nitrogen and oxygen atoms in total. The lowest BCUT2D eigenvalue weighted by Crippen LogP contribution is -2.25. The van der Waals surface area contributed by atoms with Gasteiger partial charge >= 0.3 is 0 Å². The van der Waals surface area contributed by atoms with E-state index in [1.807, 2.05) is 30.5 Å². The summed E-state index contributed by atoms with van der Waals surface area (Å²) in [5.41, 5.74) is 8.67. The van der Waals surface area contributed by atoms with Crippen molar-refractivity contribution in [3.63, 3.8) is 0 Å². The third-order valence-electron chi connectivity index (χ3n) is 4.17. The van der Waals surface area contributed by atoms with Crippen LogP contribution in [0.5, 0.6) is 0 Å². The number of nitrogens with one attached hydrogen (secondary N) is 1. The molecule has 1 heterocycles. The molecular formula is C18H28N4. The highest BCUT2D eigenvalue weighted by Gasteiger charge is 2.07. The minimum atomic E-state index is 0.443. The fourth-order valence-corrected chi connectivity index (χ4v) is 2.79. The molecule has 0 aliphatic carbocycles. The number of hydrogen-bond acceptors (Lipinski definition) is 4. The van der Waals surface area contributed by atoms with Crippen LogP contribution in [0.1, 0.15) is 33.6 Å². The highest BCUT2D eigenvalue weighted by molar-refractivity contribution is 5.92. The number of anilines is 2. The van der Waals surface area contributed by atoms with Crippen molar-refractivity contribution < 1.29 is 0 Å². The summed E-state index contributed by atoms with van der Waals surface area (Å²) < 4.78 is 0. The molecule has 3 N–H and O–H groups in total. The number of nitrogens with zero attached hydrogens (tertiary/aromatic N) is 2. The van der Waals surface area contributed by atoms with E-state index >= 15 is 0 Å². The Morgan fingerprint density at radius 3 is 2.73 bits per heavy atom. The minimum absolute atomic E-state index is 0.443. The van der Waals surface area contributed by atoms with Crippen LogP contribution in [0.15, 0.2) is 30.5 Å². The fourth-order valence-electron chi connectivity index (χ4n) is 2.79. The SMILES string of the molecule is CCN(CC)CCC[C@H](C)Nc1ccnc2cc(N)ccc12. The van der Waals surface area contributed by atoms with Crippen LogP contribution in [0.4, 0.5) is 11.4 Å². The Kier molecular flexibility index (Phi) is 6.01. The molecule has 0 bridgehead atoms. The first-order valence-electron chi connectivity index (χ1n) is 8.27. The van der Waals surface area contributed by atoms with E-state index < -0.39 is 0 Å². The largest absolute Gasteiger partial charge is 0.399 e. The van der Waals surface area contributed by atoms with Crippen LogP contribution >= 0.6 is 0 Å². The predicted octanol–water partition coefficient (Wildman–Crippen LogP) is 3.74. The Balaban J connectivity index is 1.95. The molecule has 0 fully saturated rings. The lowest BCUT2D eigenvalue weighted by atomic mass is 10.1. The zero-order valence-corrected chi connectivity index (χ0v) is 14.0. The molecule has 1 aromatic heterocycles.